The highest BCUT2D eigenvalue weighted by Crippen LogP contribution is 2.63. The predicted octanol–water partition coefficient (Wildman–Crippen LogP) is 4.81. The van der Waals surface area contributed by atoms with Crippen LogP contribution in [0.5, 0.6) is 0 Å². The largest absolute Gasteiger partial charge is 0.378 e. The topological polar surface area (TPSA) is 64.9 Å². The van der Waals surface area contributed by atoms with Gasteiger partial charge in [0.15, 0.2) is 0 Å². The molecule has 5 rings (SSSR count). The fourth-order valence-corrected chi connectivity index (χ4v) is 5.86. The van der Waals surface area contributed by atoms with E-state index in [0.717, 1.165) is 17.5 Å². The fourth-order valence-electron chi connectivity index (χ4n) is 5.86. The van der Waals surface area contributed by atoms with E-state index < -0.39 is 0 Å². The maximum absolute atomic E-state index is 11.5. The Bertz CT molecular complexity index is 943. The second kappa shape index (κ2) is 6.13. The number of amides is 1. The average molecular weight is 357 g/mol. The molecule has 2 aromatic rings. The number of fused-ring (bicyclic) bond motifs is 7. The Morgan fingerprint density at radius 1 is 1.15 bits per heavy atom. The number of rotatable bonds is 2. The van der Waals surface area contributed by atoms with Crippen LogP contribution in [0.4, 0.5) is 11.4 Å². The molecule has 1 aliphatic heterocycles. The van der Waals surface area contributed by atoms with Gasteiger partial charge < -0.3 is 10.6 Å². The Hall–Kier alpha value is -2.80. The molecule has 27 heavy (non-hydrogen) atoms. The van der Waals surface area contributed by atoms with Gasteiger partial charge in [0.2, 0.25) is 5.91 Å². The van der Waals surface area contributed by atoms with Gasteiger partial charge in [-0.3, -0.25) is 4.79 Å². The molecule has 0 unspecified atom stereocenters. The summed E-state index contributed by atoms with van der Waals surface area (Å²) in [6, 6.07) is 16.8. The van der Waals surface area contributed by atoms with Crippen LogP contribution in [-0.4, -0.2) is 5.91 Å². The van der Waals surface area contributed by atoms with Crippen LogP contribution in [0, 0.1) is 29.1 Å². The summed E-state index contributed by atoms with van der Waals surface area (Å²) < 4.78 is 0. The van der Waals surface area contributed by atoms with Gasteiger partial charge in [-0.25, -0.2) is 0 Å². The molecule has 3 aliphatic rings. The van der Waals surface area contributed by atoms with Crippen LogP contribution in [0.2, 0.25) is 0 Å². The number of carbonyl (C=O) groups is 1. The number of nitriles is 1. The van der Waals surface area contributed by atoms with Crippen molar-refractivity contribution in [3.8, 4) is 6.07 Å². The molecule has 0 radical (unpaired) electrons. The first-order valence-corrected chi connectivity index (χ1v) is 9.82. The SMILES string of the molecule is CC(=O)Nc1ccc2c(c1)[C@@H]1[C@H]3CC[C@@H](C3)[C@@H]1[C@@H](c1ccc(C#N)cc1)N2. The van der Waals surface area contributed by atoms with E-state index in [0.29, 0.717) is 17.4 Å². The summed E-state index contributed by atoms with van der Waals surface area (Å²) in [5.41, 5.74) is 5.42. The minimum Gasteiger partial charge on any atom is -0.378 e. The van der Waals surface area contributed by atoms with E-state index in [1.165, 1.54) is 36.1 Å². The molecule has 2 N–H and O–H groups in total. The Balaban J connectivity index is 1.56. The zero-order valence-corrected chi connectivity index (χ0v) is 15.4. The summed E-state index contributed by atoms with van der Waals surface area (Å²) in [4.78, 5) is 11.5. The van der Waals surface area contributed by atoms with E-state index in [1.54, 1.807) is 6.92 Å². The van der Waals surface area contributed by atoms with E-state index in [2.05, 4.69) is 41.0 Å². The molecule has 136 valence electrons. The van der Waals surface area contributed by atoms with Gasteiger partial charge in [-0.2, -0.15) is 5.26 Å². The van der Waals surface area contributed by atoms with Crippen molar-refractivity contribution < 1.29 is 4.79 Å². The molecule has 2 aromatic carbocycles. The maximum atomic E-state index is 11.5. The van der Waals surface area contributed by atoms with Gasteiger partial charge in [0.25, 0.3) is 0 Å². The van der Waals surface area contributed by atoms with Crippen LogP contribution < -0.4 is 10.6 Å². The summed E-state index contributed by atoms with van der Waals surface area (Å²) in [6.45, 7) is 1.55. The van der Waals surface area contributed by atoms with Crippen LogP contribution in [0.3, 0.4) is 0 Å². The zero-order chi connectivity index (χ0) is 18.5. The monoisotopic (exact) mass is 357 g/mol. The lowest BCUT2D eigenvalue weighted by atomic mass is 9.68. The standard InChI is InChI=1S/C23H23N3O/c1-13(27)25-18-8-9-20-19(11-18)21-16-6-7-17(10-16)22(21)23(26-20)15-4-2-14(12-24)3-5-15/h2-5,8-9,11,16-17,21-23,26H,6-7,10H2,1H3,(H,25,27)/t16-,17-,21-,22-,23+/m0/s1. The molecule has 1 amide bonds. The Morgan fingerprint density at radius 2 is 1.93 bits per heavy atom. The van der Waals surface area contributed by atoms with E-state index in [-0.39, 0.29) is 11.9 Å². The third kappa shape index (κ3) is 2.61. The highest BCUT2D eigenvalue weighted by Gasteiger charge is 2.53. The molecule has 2 saturated carbocycles. The van der Waals surface area contributed by atoms with E-state index in [1.807, 2.05) is 18.2 Å². The normalized spacial score (nSPS) is 30.0. The molecular weight excluding hydrogens is 334 g/mol. The molecule has 2 bridgehead atoms. The molecular formula is C23H23N3O. The van der Waals surface area contributed by atoms with Gasteiger partial charge in [-0.1, -0.05) is 12.1 Å². The lowest BCUT2D eigenvalue weighted by Crippen LogP contribution is -2.35. The number of hydrogen-bond acceptors (Lipinski definition) is 3. The van der Waals surface area contributed by atoms with Crippen molar-refractivity contribution in [2.24, 2.45) is 17.8 Å². The quantitative estimate of drug-likeness (QED) is 0.810. The molecule has 5 atom stereocenters. The summed E-state index contributed by atoms with van der Waals surface area (Å²) in [6.07, 6.45) is 3.95. The number of nitrogens with one attached hydrogen (secondary N) is 2. The minimum absolute atomic E-state index is 0.0290. The first kappa shape index (κ1) is 16.4. The maximum Gasteiger partial charge on any atom is 0.221 e. The van der Waals surface area contributed by atoms with E-state index in [9.17, 15) is 4.79 Å². The van der Waals surface area contributed by atoms with Crippen molar-refractivity contribution in [2.45, 2.75) is 38.1 Å². The summed E-state index contributed by atoms with van der Waals surface area (Å²) in [7, 11) is 0. The summed E-state index contributed by atoms with van der Waals surface area (Å²) >= 11 is 0. The number of nitrogens with zero attached hydrogens (tertiary/aromatic N) is 1. The average Bonchev–Trinajstić information content (AvgIpc) is 3.29. The van der Waals surface area contributed by atoms with Crippen LogP contribution >= 0.6 is 0 Å². The third-order valence-electron chi connectivity index (χ3n) is 6.81. The third-order valence-corrected chi connectivity index (χ3v) is 6.81. The molecule has 2 fully saturated rings. The van der Waals surface area contributed by atoms with Crippen molar-refractivity contribution in [2.75, 3.05) is 10.6 Å². The Morgan fingerprint density at radius 3 is 2.67 bits per heavy atom. The lowest BCUT2D eigenvalue weighted by Gasteiger charge is -2.43. The molecule has 4 nitrogen and oxygen atoms in total. The predicted molar refractivity (Wildman–Crippen MR) is 105 cm³/mol. The smallest absolute Gasteiger partial charge is 0.221 e. The van der Waals surface area contributed by atoms with Crippen molar-refractivity contribution in [1.82, 2.24) is 0 Å². The minimum atomic E-state index is -0.0290. The van der Waals surface area contributed by atoms with E-state index >= 15 is 0 Å². The number of carbonyl (C=O) groups excluding carboxylic acids is 1. The second-order valence-electron chi connectivity index (χ2n) is 8.28. The molecule has 0 spiro atoms. The van der Waals surface area contributed by atoms with Crippen molar-refractivity contribution >= 4 is 17.3 Å². The molecule has 4 heteroatoms. The fraction of sp³-hybridized carbons (Fsp3) is 0.391. The number of anilines is 2. The zero-order valence-electron chi connectivity index (χ0n) is 15.4. The Labute approximate surface area is 159 Å². The van der Waals surface area contributed by atoms with Crippen LogP contribution in [0.25, 0.3) is 0 Å². The van der Waals surface area contributed by atoms with Crippen molar-refractivity contribution in [3.63, 3.8) is 0 Å². The van der Waals surface area contributed by atoms with Gasteiger partial charge >= 0.3 is 0 Å². The molecule has 0 saturated heterocycles. The summed E-state index contributed by atoms with van der Waals surface area (Å²) in [5, 5.41) is 15.8. The van der Waals surface area contributed by atoms with Crippen LogP contribution in [0.15, 0.2) is 42.5 Å². The first-order valence-electron chi connectivity index (χ1n) is 9.82. The lowest BCUT2D eigenvalue weighted by molar-refractivity contribution is -0.114. The van der Waals surface area contributed by atoms with Gasteiger partial charge in [-0.15, -0.1) is 0 Å². The van der Waals surface area contributed by atoms with Gasteiger partial charge in [0.1, 0.15) is 0 Å². The van der Waals surface area contributed by atoms with E-state index in [4.69, 9.17) is 5.26 Å². The first-order chi connectivity index (χ1) is 13.1. The van der Waals surface area contributed by atoms with Gasteiger partial charge in [0.05, 0.1) is 17.7 Å². The second-order valence-corrected chi connectivity index (χ2v) is 8.28. The summed E-state index contributed by atoms with van der Waals surface area (Å²) in [5.74, 6) is 2.60. The van der Waals surface area contributed by atoms with Crippen LogP contribution in [0.1, 0.15) is 54.8 Å². The highest BCUT2D eigenvalue weighted by molar-refractivity contribution is 5.89. The molecule has 0 aromatic heterocycles. The van der Waals surface area contributed by atoms with Crippen molar-refractivity contribution in [1.29, 1.82) is 5.26 Å². The van der Waals surface area contributed by atoms with Gasteiger partial charge in [0, 0.05) is 18.3 Å². The molecule has 1 heterocycles. The Kier molecular flexibility index (Phi) is 3.72. The highest BCUT2D eigenvalue weighted by atomic mass is 16.1. The van der Waals surface area contributed by atoms with Gasteiger partial charge in [-0.05, 0) is 84.4 Å². The molecule has 2 aliphatic carbocycles. The number of hydrogen-bond donors (Lipinski definition) is 2. The number of benzene rings is 2. The van der Waals surface area contributed by atoms with Crippen LogP contribution in [-0.2, 0) is 4.79 Å². The van der Waals surface area contributed by atoms with Crippen molar-refractivity contribution in [3.05, 3.63) is 59.2 Å².